The number of imide groups is 1. The molecule has 2 N–H and O–H groups in total. The van der Waals surface area contributed by atoms with Crippen LogP contribution in [-0.2, 0) is 16.0 Å². The number of nitrogens with one attached hydrogen (secondary N) is 2. The van der Waals surface area contributed by atoms with Gasteiger partial charge in [-0.25, -0.2) is 0 Å². The van der Waals surface area contributed by atoms with Crippen LogP contribution < -0.4 is 15.4 Å². The summed E-state index contributed by atoms with van der Waals surface area (Å²) in [6, 6.07) is 23.1. The smallest absolute Gasteiger partial charge is 0.278 e. The SMILES string of the molecule is COc1ccc(NC(=O)c2ccc(NC3=C(Cl)C(=O)N(CCc4ccccc4)C3=O)cc2)cc1. The Hall–Kier alpha value is -4.10. The van der Waals surface area contributed by atoms with Gasteiger partial charge < -0.3 is 15.4 Å². The highest BCUT2D eigenvalue weighted by Crippen LogP contribution is 2.26. The lowest BCUT2D eigenvalue weighted by Crippen LogP contribution is -2.34. The third-order valence-corrected chi connectivity index (χ3v) is 5.69. The van der Waals surface area contributed by atoms with Gasteiger partial charge in [0, 0.05) is 23.5 Å². The first-order valence-electron chi connectivity index (χ1n) is 10.6. The summed E-state index contributed by atoms with van der Waals surface area (Å²) in [5.74, 6) is -0.596. The minimum absolute atomic E-state index is 0.0233. The minimum Gasteiger partial charge on any atom is -0.497 e. The predicted molar refractivity (Wildman–Crippen MR) is 131 cm³/mol. The second-order valence-electron chi connectivity index (χ2n) is 7.57. The molecule has 34 heavy (non-hydrogen) atoms. The fourth-order valence-electron chi connectivity index (χ4n) is 3.47. The summed E-state index contributed by atoms with van der Waals surface area (Å²) in [4.78, 5) is 39.0. The number of halogens is 1. The molecule has 0 unspecified atom stereocenters. The molecule has 0 radical (unpaired) electrons. The largest absolute Gasteiger partial charge is 0.497 e. The summed E-state index contributed by atoms with van der Waals surface area (Å²) in [5.41, 5.74) is 2.63. The highest BCUT2D eigenvalue weighted by atomic mass is 35.5. The van der Waals surface area contributed by atoms with Crippen molar-refractivity contribution in [1.82, 2.24) is 4.90 Å². The number of ether oxygens (including phenoxy) is 1. The number of carbonyl (C=O) groups is 3. The van der Waals surface area contributed by atoms with Gasteiger partial charge >= 0.3 is 0 Å². The first-order chi connectivity index (χ1) is 16.5. The van der Waals surface area contributed by atoms with Crippen LogP contribution in [0.4, 0.5) is 11.4 Å². The molecule has 0 fully saturated rings. The number of amides is 3. The number of nitrogens with zero attached hydrogens (tertiary/aromatic N) is 1. The van der Waals surface area contributed by atoms with Gasteiger partial charge in [-0.2, -0.15) is 0 Å². The Kier molecular flexibility index (Phi) is 6.94. The van der Waals surface area contributed by atoms with Crippen LogP contribution in [0.5, 0.6) is 5.75 Å². The fraction of sp³-hybridized carbons (Fsp3) is 0.115. The van der Waals surface area contributed by atoms with E-state index in [4.69, 9.17) is 16.3 Å². The molecule has 172 valence electrons. The summed E-state index contributed by atoms with van der Waals surface area (Å²) < 4.78 is 5.11. The van der Waals surface area contributed by atoms with E-state index in [2.05, 4.69) is 10.6 Å². The molecule has 0 atom stereocenters. The average molecular weight is 476 g/mol. The van der Waals surface area contributed by atoms with Crippen molar-refractivity contribution in [3.63, 3.8) is 0 Å². The molecular formula is C26H22ClN3O4. The van der Waals surface area contributed by atoms with E-state index in [0.717, 1.165) is 10.5 Å². The number of benzene rings is 3. The predicted octanol–water partition coefficient (Wildman–Crippen LogP) is 4.42. The van der Waals surface area contributed by atoms with Crippen molar-refractivity contribution in [2.75, 3.05) is 24.3 Å². The zero-order valence-electron chi connectivity index (χ0n) is 18.4. The quantitative estimate of drug-likeness (QED) is 0.471. The number of methoxy groups -OCH3 is 1. The number of carbonyl (C=O) groups excluding carboxylic acids is 3. The topological polar surface area (TPSA) is 87.7 Å². The Morgan fingerprint density at radius 1 is 0.882 bits per heavy atom. The van der Waals surface area contributed by atoms with Crippen molar-refractivity contribution in [2.24, 2.45) is 0 Å². The Labute approximate surface area is 202 Å². The minimum atomic E-state index is -0.527. The van der Waals surface area contributed by atoms with Gasteiger partial charge in [0.2, 0.25) is 0 Å². The molecule has 1 heterocycles. The Bertz CT molecular complexity index is 1240. The van der Waals surface area contributed by atoms with Crippen molar-refractivity contribution in [1.29, 1.82) is 0 Å². The van der Waals surface area contributed by atoms with Crippen LogP contribution in [0.15, 0.2) is 89.6 Å². The molecule has 3 amide bonds. The first-order valence-corrected chi connectivity index (χ1v) is 11.0. The van der Waals surface area contributed by atoms with Crippen molar-refractivity contribution in [3.8, 4) is 5.75 Å². The lowest BCUT2D eigenvalue weighted by molar-refractivity contribution is -0.137. The van der Waals surface area contributed by atoms with E-state index in [0.29, 0.717) is 29.1 Å². The van der Waals surface area contributed by atoms with Crippen molar-refractivity contribution >= 4 is 40.7 Å². The van der Waals surface area contributed by atoms with Crippen LogP contribution in [0.3, 0.4) is 0 Å². The molecule has 0 saturated carbocycles. The Morgan fingerprint density at radius 2 is 1.53 bits per heavy atom. The van der Waals surface area contributed by atoms with Gasteiger partial charge in [-0.1, -0.05) is 41.9 Å². The Morgan fingerprint density at radius 3 is 2.18 bits per heavy atom. The highest BCUT2D eigenvalue weighted by molar-refractivity contribution is 6.48. The van der Waals surface area contributed by atoms with Crippen LogP contribution in [0.25, 0.3) is 0 Å². The fourth-order valence-corrected chi connectivity index (χ4v) is 3.70. The molecule has 0 aliphatic carbocycles. The number of anilines is 2. The second-order valence-corrected chi connectivity index (χ2v) is 7.95. The van der Waals surface area contributed by atoms with Crippen LogP contribution >= 0.6 is 11.6 Å². The molecule has 0 spiro atoms. The van der Waals surface area contributed by atoms with E-state index in [1.807, 2.05) is 30.3 Å². The number of hydrogen-bond donors (Lipinski definition) is 2. The third-order valence-electron chi connectivity index (χ3n) is 5.34. The van der Waals surface area contributed by atoms with Crippen LogP contribution in [-0.4, -0.2) is 36.3 Å². The molecule has 0 aromatic heterocycles. The molecule has 3 aromatic carbocycles. The Balaban J connectivity index is 1.38. The van der Waals surface area contributed by atoms with E-state index < -0.39 is 11.8 Å². The maximum atomic E-state index is 12.8. The summed E-state index contributed by atoms with van der Waals surface area (Å²) >= 11 is 6.18. The maximum Gasteiger partial charge on any atom is 0.278 e. The van der Waals surface area contributed by atoms with Gasteiger partial charge in [0.25, 0.3) is 17.7 Å². The summed E-state index contributed by atoms with van der Waals surface area (Å²) in [6.07, 6.45) is 0.535. The first kappa shape index (κ1) is 23.1. The normalized spacial score (nSPS) is 13.3. The van der Waals surface area contributed by atoms with Gasteiger partial charge in [-0.3, -0.25) is 19.3 Å². The summed E-state index contributed by atoms with van der Waals surface area (Å²) in [7, 11) is 1.57. The lowest BCUT2D eigenvalue weighted by atomic mass is 10.1. The van der Waals surface area contributed by atoms with Gasteiger partial charge in [-0.05, 0) is 60.5 Å². The molecule has 3 aromatic rings. The van der Waals surface area contributed by atoms with E-state index in [1.165, 1.54) is 0 Å². The van der Waals surface area contributed by atoms with E-state index >= 15 is 0 Å². The zero-order chi connectivity index (χ0) is 24.1. The molecule has 0 bridgehead atoms. The summed E-state index contributed by atoms with van der Waals surface area (Å²) in [6.45, 7) is 0.230. The molecular weight excluding hydrogens is 454 g/mol. The van der Waals surface area contributed by atoms with Crippen molar-refractivity contribution in [3.05, 3.63) is 101 Å². The highest BCUT2D eigenvalue weighted by Gasteiger charge is 2.37. The van der Waals surface area contributed by atoms with Crippen LogP contribution in [0.2, 0.25) is 0 Å². The van der Waals surface area contributed by atoms with Gasteiger partial charge in [0.05, 0.1) is 7.11 Å². The lowest BCUT2D eigenvalue weighted by Gasteiger charge is -2.15. The number of hydrogen-bond acceptors (Lipinski definition) is 5. The molecule has 4 rings (SSSR count). The van der Waals surface area contributed by atoms with Crippen molar-refractivity contribution < 1.29 is 19.1 Å². The second kappa shape index (κ2) is 10.2. The molecule has 1 aliphatic rings. The van der Waals surface area contributed by atoms with Gasteiger partial charge in [0.1, 0.15) is 16.5 Å². The van der Waals surface area contributed by atoms with Crippen LogP contribution in [0, 0.1) is 0 Å². The van der Waals surface area contributed by atoms with Crippen molar-refractivity contribution in [2.45, 2.75) is 6.42 Å². The summed E-state index contributed by atoms with van der Waals surface area (Å²) in [5, 5.41) is 5.57. The van der Waals surface area contributed by atoms with Gasteiger partial charge in [-0.15, -0.1) is 0 Å². The zero-order valence-corrected chi connectivity index (χ0v) is 19.1. The van der Waals surface area contributed by atoms with Gasteiger partial charge in [0.15, 0.2) is 0 Å². The maximum absolute atomic E-state index is 12.8. The van der Waals surface area contributed by atoms with E-state index in [1.54, 1.807) is 55.6 Å². The monoisotopic (exact) mass is 475 g/mol. The number of rotatable bonds is 8. The van der Waals surface area contributed by atoms with E-state index in [9.17, 15) is 14.4 Å². The molecule has 7 nitrogen and oxygen atoms in total. The molecule has 1 aliphatic heterocycles. The third kappa shape index (κ3) is 5.10. The standard InChI is InChI=1S/C26H22ClN3O4/c1-34-21-13-11-20(12-14-21)29-24(31)18-7-9-19(10-8-18)28-23-22(27)25(32)30(26(23)33)16-15-17-5-3-2-4-6-17/h2-14,28H,15-16H2,1H3,(H,29,31). The van der Waals surface area contributed by atoms with E-state index in [-0.39, 0.29) is 23.2 Å². The average Bonchev–Trinajstić information content (AvgIpc) is 3.07. The van der Waals surface area contributed by atoms with Crippen LogP contribution in [0.1, 0.15) is 15.9 Å². The molecule has 0 saturated heterocycles. The molecule has 8 heteroatoms.